The summed E-state index contributed by atoms with van der Waals surface area (Å²) in [5.74, 6) is 0.0616. The fraction of sp³-hybridized carbons (Fsp3) is 0. The molecular formula is C13H9BrFN3O. The summed E-state index contributed by atoms with van der Waals surface area (Å²) in [6, 6.07) is 7.89. The fourth-order valence-electron chi connectivity index (χ4n) is 1.93. The highest BCUT2D eigenvalue weighted by Gasteiger charge is 2.18. The molecule has 2 heterocycles. The molecule has 3 N–H and O–H groups in total. The van der Waals surface area contributed by atoms with E-state index >= 15 is 0 Å². The van der Waals surface area contributed by atoms with Crippen LogP contribution in [-0.2, 0) is 0 Å². The van der Waals surface area contributed by atoms with E-state index in [0.29, 0.717) is 10.5 Å². The van der Waals surface area contributed by atoms with Gasteiger partial charge in [-0.2, -0.15) is 5.10 Å². The third kappa shape index (κ3) is 2.04. The van der Waals surface area contributed by atoms with Gasteiger partial charge in [0.1, 0.15) is 5.82 Å². The van der Waals surface area contributed by atoms with Crippen molar-refractivity contribution in [3.8, 4) is 22.4 Å². The molecule has 0 aliphatic carbocycles. The lowest BCUT2D eigenvalue weighted by Gasteiger charge is -2.03. The molecule has 0 atom stereocenters. The molecule has 0 radical (unpaired) electrons. The molecule has 0 bridgehead atoms. The van der Waals surface area contributed by atoms with Crippen molar-refractivity contribution in [1.82, 2.24) is 10.2 Å². The highest BCUT2D eigenvalue weighted by Crippen LogP contribution is 2.38. The average molecular weight is 322 g/mol. The third-order valence-corrected chi connectivity index (χ3v) is 3.43. The predicted molar refractivity (Wildman–Crippen MR) is 73.8 cm³/mol. The molecule has 1 aromatic carbocycles. The van der Waals surface area contributed by atoms with E-state index < -0.39 is 0 Å². The lowest BCUT2D eigenvalue weighted by Crippen LogP contribution is -1.89. The lowest BCUT2D eigenvalue weighted by molar-refractivity contribution is 0.542. The lowest BCUT2D eigenvalue weighted by atomic mass is 10.0. The van der Waals surface area contributed by atoms with E-state index in [4.69, 9.17) is 10.2 Å². The van der Waals surface area contributed by atoms with Gasteiger partial charge in [-0.15, -0.1) is 0 Å². The van der Waals surface area contributed by atoms with Gasteiger partial charge in [-0.05, 0) is 39.7 Å². The molecule has 3 aromatic rings. The van der Waals surface area contributed by atoms with Crippen LogP contribution in [0.25, 0.3) is 22.4 Å². The number of aromatic amines is 1. The minimum Gasteiger partial charge on any atom is -0.457 e. The van der Waals surface area contributed by atoms with Crippen LogP contribution in [-0.4, -0.2) is 10.2 Å². The zero-order valence-electron chi connectivity index (χ0n) is 9.65. The number of nitrogens with one attached hydrogen (secondary N) is 1. The Morgan fingerprint density at radius 2 is 1.95 bits per heavy atom. The molecule has 19 heavy (non-hydrogen) atoms. The van der Waals surface area contributed by atoms with Crippen molar-refractivity contribution in [1.29, 1.82) is 0 Å². The number of hydrogen-bond acceptors (Lipinski definition) is 3. The van der Waals surface area contributed by atoms with Crippen molar-refractivity contribution in [2.24, 2.45) is 0 Å². The predicted octanol–water partition coefficient (Wildman–Crippen LogP) is 3.82. The number of aromatic nitrogens is 2. The summed E-state index contributed by atoms with van der Waals surface area (Å²) in [6.07, 6.45) is 1.56. The van der Waals surface area contributed by atoms with Gasteiger partial charge in [0.25, 0.3) is 0 Å². The molecule has 0 unspecified atom stereocenters. The molecule has 0 fully saturated rings. The first-order chi connectivity index (χ1) is 9.16. The van der Waals surface area contributed by atoms with Gasteiger partial charge in [0.05, 0.1) is 23.1 Å². The SMILES string of the molecule is Nc1n[nH]c(-c2ccoc2Br)c1-c1ccc(F)cc1. The minimum absolute atomic E-state index is 0.295. The average Bonchev–Trinajstić information content (AvgIpc) is 2.97. The summed E-state index contributed by atoms with van der Waals surface area (Å²) < 4.78 is 18.8. The third-order valence-electron chi connectivity index (χ3n) is 2.81. The number of furan rings is 1. The van der Waals surface area contributed by atoms with Gasteiger partial charge >= 0.3 is 0 Å². The topological polar surface area (TPSA) is 67.8 Å². The molecule has 3 rings (SSSR count). The maximum Gasteiger partial charge on any atom is 0.178 e. The maximum absolute atomic E-state index is 13.0. The largest absolute Gasteiger partial charge is 0.457 e. The smallest absolute Gasteiger partial charge is 0.178 e. The van der Waals surface area contributed by atoms with Crippen molar-refractivity contribution in [2.75, 3.05) is 5.73 Å². The first-order valence-electron chi connectivity index (χ1n) is 5.50. The van der Waals surface area contributed by atoms with Crippen LogP contribution in [0.5, 0.6) is 0 Å². The van der Waals surface area contributed by atoms with Crippen LogP contribution in [0.15, 0.2) is 45.7 Å². The van der Waals surface area contributed by atoms with Crippen molar-refractivity contribution < 1.29 is 8.81 Å². The normalized spacial score (nSPS) is 10.8. The van der Waals surface area contributed by atoms with Crippen molar-refractivity contribution in [3.05, 3.63) is 47.1 Å². The van der Waals surface area contributed by atoms with Gasteiger partial charge in [0.2, 0.25) is 0 Å². The fourth-order valence-corrected chi connectivity index (χ4v) is 2.37. The second-order valence-corrected chi connectivity index (χ2v) is 4.69. The van der Waals surface area contributed by atoms with E-state index in [1.807, 2.05) is 0 Å². The number of rotatable bonds is 2. The number of halogens is 2. The standard InChI is InChI=1S/C13H9BrFN3O/c14-12-9(5-6-19-12)11-10(13(16)18-17-11)7-1-3-8(15)4-2-7/h1-6H,(H3,16,17,18). The number of nitrogen functional groups attached to an aromatic ring is 1. The zero-order valence-corrected chi connectivity index (χ0v) is 11.2. The Morgan fingerprint density at radius 1 is 1.21 bits per heavy atom. The Kier molecular flexibility index (Phi) is 2.87. The number of hydrogen-bond donors (Lipinski definition) is 2. The van der Waals surface area contributed by atoms with E-state index in [0.717, 1.165) is 22.4 Å². The minimum atomic E-state index is -0.295. The summed E-state index contributed by atoms with van der Waals surface area (Å²) >= 11 is 3.32. The second kappa shape index (κ2) is 4.55. The van der Waals surface area contributed by atoms with Crippen LogP contribution in [0.3, 0.4) is 0 Å². The zero-order chi connectivity index (χ0) is 13.4. The van der Waals surface area contributed by atoms with E-state index in [1.54, 1.807) is 24.5 Å². The highest BCUT2D eigenvalue weighted by molar-refractivity contribution is 9.10. The molecular weight excluding hydrogens is 313 g/mol. The van der Waals surface area contributed by atoms with Crippen LogP contribution in [0, 0.1) is 5.82 Å². The van der Waals surface area contributed by atoms with E-state index in [9.17, 15) is 4.39 Å². The van der Waals surface area contributed by atoms with Crippen molar-refractivity contribution >= 4 is 21.7 Å². The molecule has 0 saturated carbocycles. The van der Waals surface area contributed by atoms with Gasteiger partial charge in [0, 0.05) is 0 Å². The molecule has 0 spiro atoms. The van der Waals surface area contributed by atoms with Gasteiger partial charge in [-0.25, -0.2) is 4.39 Å². The summed E-state index contributed by atoms with van der Waals surface area (Å²) in [5.41, 5.74) is 8.93. The van der Waals surface area contributed by atoms with Gasteiger partial charge in [0.15, 0.2) is 10.5 Å². The molecule has 0 aliphatic heterocycles. The maximum atomic E-state index is 13.0. The van der Waals surface area contributed by atoms with E-state index in [2.05, 4.69) is 26.1 Å². The highest BCUT2D eigenvalue weighted by atomic mass is 79.9. The molecule has 0 saturated heterocycles. The Morgan fingerprint density at radius 3 is 2.58 bits per heavy atom. The molecule has 6 heteroatoms. The Labute approximate surface area is 116 Å². The molecule has 0 amide bonds. The van der Waals surface area contributed by atoms with Crippen LogP contribution in [0.2, 0.25) is 0 Å². The Hall–Kier alpha value is -2.08. The first-order valence-corrected chi connectivity index (χ1v) is 6.29. The van der Waals surface area contributed by atoms with Gasteiger partial charge in [-0.1, -0.05) is 12.1 Å². The van der Waals surface area contributed by atoms with Crippen LogP contribution in [0.1, 0.15) is 0 Å². The van der Waals surface area contributed by atoms with E-state index in [1.165, 1.54) is 12.1 Å². The summed E-state index contributed by atoms with van der Waals surface area (Å²) in [5, 5.41) is 6.88. The number of nitrogens with two attached hydrogens (primary N) is 1. The number of nitrogens with zero attached hydrogens (tertiary/aromatic N) is 1. The second-order valence-electron chi connectivity index (χ2n) is 3.97. The summed E-state index contributed by atoms with van der Waals surface area (Å²) in [4.78, 5) is 0. The Balaban J connectivity index is 2.19. The quantitative estimate of drug-likeness (QED) is 0.754. The number of anilines is 1. The summed E-state index contributed by atoms with van der Waals surface area (Å²) in [7, 11) is 0. The van der Waals surface area contributed by atoms with E-state index in [-0.39, 0.29) is 5.82 Å². The van der Waals surface area contributed by atoms with Crippen molar-refractivity contribution in [2.45, 2.75) is 0 Å². The van der Waals surface area contributed by atoms with Gasteiger partial charge < -0.3 is 10.2 Å². The number of H-pyrrole nitrogens is 1. The van der Waals surface area contributed by atoms with Crippen molar-refractivity contribution in [3.63, 3.8) is 0 Å². The summed E-state index contributed by atoms with van der Waals surface area (Å²) in [6.45, 7) is 0. The number of benzene rings is 1. The van der Waals surface area contributed by atoms with Crippen LogP contribution in [0.4, 0.5) is 10.2 Å². The van der Waals surface area contributed by atoms with Crippen LogP contribution < -0.4 is 5.73 Å². The first kappa shape index (κ1) is 12.0. The molecule has 4 nitrogen and oxygen atoms in total. The van der Waals surface area contributed by atoms with Crippen LogP contribution >= 0.6 is 15.9 Å². The molecule has 2 aromatic heterocycles. The molecule has 0 aliphatic rings. The monoisotopic (exact) mass is 321 g/mol. The molecule has 96 valence electrons. The Bertz CT molecular complexity index is 718. The van der Waals surface area contributed by atoms with Gasteiger partial charge in [-0.3, -0.25) is 5.10 Å².